The van der Waals surface area contributed by atoms with Gasteiger partial charge in [0.05, 0.1) is 7.11 Å². The normalized spacial score (nSPS) is 12.0. The number of hydrogen-bond acceptors (Lipinski definition) is 1. The van der Waals surface area contributed by atoms with E-state index in [1.807, 2.05) is 0 Å². The zero-order valence-corrected chi connectivity index (χ0v) is 15.2. The molecule has 0 bridgehead atoms. The third-order valence-electron chi connectivity index (χ3n) is 4.22. The van der Waals surface area contributed by atoms with Crippen LogP contribution in [0.2, 0.25) is 0 Å². The van der Waals surface area contributed by atoms with E-state index in [9.17, 15) is 22.0 Å². The summed E-state index contributed by atoms with van der Waals surface area (Å²) in [5, 5.41) is 0. The molecule has 146 valence electrons. The third kappa shape index (κ3) is 5.31. The molecular weight excluding hydrogens is 363 g/mol. The fourth-order valence-corrected chi connectivity index (χ4v) is 2.78. The average Bonchev–Trinajstić information content (AvgIpc) is 2.60. The van der Waals surface area contributed by atoms with Crippen molar-refractivity contribution < 1.29 is 26.7 Å². The largest absolute Gasteiger partial charge is 0.494 e. The number of alkyl halides is 3. The van der Waals surface area contributed by atoms with Gasteiger partial charge in [0.25, 0.3) is 0 Å². The lowest BCUT2D eigenvalue weighted by Gasteiger charge is -2.14. The first-order valence-electron chi connectivity index (χ1n) is 8.68. The van der Waals surface area contributed by atoms with E-state index in [1.165, 1.54) is 12.1 Å². The number of rotatable bonds is 7. The summed E-state index contributed by atoms with van der Waals surface area (Å²) < 4.78 is 72.5. The van der Waals surface area contributed by atoms with Crippen molar-refractivity contribution in [1.29, 1.82) is 0 Å². The Hall–Kier alpha value is -2.37. The Balaban J connectivity index is 2.30. The maximum Gasteiger partial charge on any atom is 0.419 e. The zero-order valence-electron chi connectivity index (χ0n) is 15.2. The van der Waals surface area contributed by atoms with Gasteiger partial charge in [-0.15, -0.1) is 0 Å². The minimum atomic E-state index is -4.88. The molecule has 0 aliphatic carbocycles. The summed E-state index contributed by atoms with van der Waals surface area (Å²) in [4.78, 5) is 0. The van der Waals surface area contributed by atoms with Gasteiger partial charge in [0.2, 0.25) is 0 Å². The number of hydrogen-bond donors (Lipinski definition) is 0. The molecule has 2 aromatic carbocycles. The molecule has 0 saturated heterocycles. The van der Waals surface area contributed by atoms with Crippen LogP contribution in [0.15, 0.2) is 30.3 Å². The molecule has 0 aromatic heterocycles. The highest BCUT2D eigenvalue weighted by Gasteiger charge is 2.37. The summed E-state index contributed by atoms with van der Waals surface area (Å²) in [6, 6.07) is 6.78. The van der Waals surface area contributed by atoms with Crippen molar-refractivity contribution in [2.45, 2.75) is 38.8 Å². The van der Waals surface area contributed by atoms with E-state index >= 15 is 0 Å². The number of halogens is 5. The Kier molecular flexibility index (Phi) is 6.99. The molecule has 0 heterocycles. The topological polar surface area (TPSA) is 9.23 Å². The average molecular weight is 384 g/mol. The minimum Gasteiger partial charge on any atom is -0.494 e. The van der Waals surface area contributed by atoms with Crippen LogP contribution in [0.3, 0.4) is 0 Å². The molecule has 0 N–H and O–H groups in total. The van der Waals surface area contributed by atoms with Crippen molar-refractivity contribution in [3.8, 4) is 5.75 Å². The van der Waals surface area contributed by atoms with Crippen LogP contribution < -0.4 is 4.74 Å². The molecule has 0 aliphatic rings. The molecule has 0 aliphatic heterocycles. The standard InChI is InChI=1S/C21H21F5O/c1-3-4-5-6-15-9-7-14(13-17(15)22)8-10-16-11-12-18(27-2)20(23)19(16)21(24,25)26/h7-13H,3-6H2,1-2H3/b10-8+. The van der Waals surface area contributed by atoms with Crippen molar-refractivity contribution in [3.63, 3.8) is 0 Å². The summed E-state index contributed by atoms with van der Waals surface area (Å²) in [7, 11) is 1.10. The van der Waals surface area contributed by atoms with Crippen LogP contribution in [-0.4, -0.2) is 7.11 Å². The number of ether oxygens (including phenoxy) is 1. The van der Waals surface area contributed by atoms with Crippen LogP contribution in [0.4, 0.5) is 22.0 Å². The predicted octanol–water partition coefficient (Wildman–Crippen LogP) is 6.90. The second-order valence-corrected chi connectivity index (χ2v) is 6.19. The lowest BCUT2D eigenvalue weighted by atomic mass is 10.0. The first-order chi connectivity index (χ1) is 12.8. The molecule has 0 atom stereocenters. The maximum atomic E-state index is 14.1. The number of unbranched alkanes of at least 4 members (excludes halogenated alkanes) is 2. The molecular formula is C21H21F5O. The Bertz CT molecular complexity index is 809. The second kappa shape index (κ2) is 9.02. The molecule has 0 spiro atoms. The lowest BCUT2D eigenvalue weighted by Crippen LogP contribution is -2.11. The van der Waals surface area contributed by atoms with Crippen LogP contribution in [-0.2, 0) is 12.6 Å². The van der Waals surface area contributed by atoms with Gasteiger partial charge in [-0.25, -0.2) is 8.78 Å². The van der Waals surface area contributed by atoms with E-state index in [1.54, 1.807) is 12.1 Å². The molecule has 0 saturated carbocycles. The summed E-state index contributed by atoms with van der Waals surface area (Å²) in [6.45, 7) is 2.06. The van der Waals surface area contributed by atoms with Gasteiger partial charge in [-0.05, 0) is 41.7 Å². The monoisotopic (exact) mass is 384 g/mol. The minimum absolute atomic E-state index is 0.353. The van der Waals surface area contributed by atoms with Gasteiger partial charge in [-0.3, -0.25) is 0 Å². The summed E-state index contributed by atoms with van der Waals surface area (Å²) in [5.74, 6) is -2.35. The Morgan fingerprint density at radius 1 is 1.00 bits per heavy atom. The maximum absolute atomic E-state index is 14.1. The molecule has 0 fully saturated rings. The lowest BCUT2D eigenvalue weighted by molar-refractivity contribution is -0.140. The summed E-state index contributed by atoms with van der Waals surface area (Å²) >= 11 is 0. The molecule has 1 nitrogen and oxygen atoms in total. The van der Waals surface area contributed by atoms with Gasteiger partial charge < -0.3 is 4.74 Å². The van der Waals surface area contributed by atoms with Gasteiger partial charge in [-0.1, -0.05) is 50.1 Å². The van der Waals surface area contributed by atoms with Crippen molar-refractivity contribution in [2.24, 2.45) is 0 Å². The van der Waals surface area contributed by atoms with Crippen molar-refractivity contribution >= 4 is 12.2 Å². The van der Waals surface area contributed by atoms with Gasteiger partial charge in [0.1, 0.15) is 11.4 Å². The number of benzene rings is 2. The Morgan fingerprint density at radius 2 is 1.74 bits per heavy atom. The van der Waals surface area contributed by atoms with E-state index in [4.69, 9.17) is 0 Å². The van der Waals surface area contributed by atoms with E-state index in [0.29, 0.717) is 17.5 Å². The Morgan fingerprint density at radius 3 is 2.33 bits per heavy atom. The van der Waals surface area contributed by atoms with Crippen molar-refractivity contribution in [3.05, 3.63) is 64.2 Å². The molecule has 27 heavy (non-hydrogen) atoms. The molecule has 0 radical (unpaired) electrons. The van der Waals surface area contributed by atoms with Crippen LogP contribution in [0, 0.1) is 11.6 Å². The Labute approximate surface area is 155 Å². The van der Waals surface area contributed by atoms with Crippen LogP contribution in [0.25, 0.3) is 12.2 Å². The van der Waals surface area contributed by atoms with Crippen LogP contribution in [0.1, 0.15) is 48.4 Å². The fourth-order valence-electron chi connectivity index (χ4n) is 2.78. The van der Waals surface area contributed by atoms with Crippen LogP contribution in [0.5, 0.6) is 5.75 Å². The summed E-state index contributed by atoms with van der Waals surface area (Å²) in [6.07, 6.45) is 1.10. The van der Waals surface area contributed by atoms with Gasteiger partial charge in [0, 0.05) is 0 Å². The molecule has 2 rings (SSSR count). The van der Waals surface area contributed by atoms with E-state index in [0.717, 1.165) is 44.6 Å². The third-order valence-corrected chi connectivity index (χ3v) is 4.22. The van der Waals surface area contributed by atoms with E-state index < -0.39 is 29.1 Å². The SMILES string of the molecule is CCCCCc1ccc(/C=C/c2ccc(OC)c(F)c2C(F)(F)F)cc1F. The molecule has 2 aromatic rings. The highest BCUT2D eigenvalue weighted by molar-refractivity contribution is 5.72. The molecule has 6 heteroatoms. The van der Waals surface area contributed by atoms with Gasteiger partial charge in [0.15, 0.2) is 11.6 Å². The number of aryl methyl sites for hydroxylation is 1. The fraction of sp³-hybridized carbons (Fsp3) is 0.333. The van der Waals surface area contributed by atoms with Crippen molar-refractivity contribution in [2.75, 3.05) is 7.11 Å². The van der Waals surface area contributed by atoms with Crippen LogP contribution >= 0.6 is 0 Å². The predicted molar refractivity (Wildman–Crippen MR) is 96.5 cm³/mol. The van der Waals surface area contributed by atoms with Gasteiger partial charge in [-0.2, -0.15) is 13.2 Å². The highest BCUT2D eigenvalue weighted by Crippen LogP contribution is 2.38. The molecule has 0 amide bonds. The number of methoxy groups -OCH3 is 1. The quantitative estimate of drug-likeness (QED) is 0.287. The molecule has 0 unspecified atom stereocenters. The summed E-state index contributed by atoms with van der Waals surface area (Å²) in [5.41, 5.74) is -0.786. The highest BCUT2D eigenvalue weighted by atomic mass is 19.4. The first-order valence-corrected chi connectivity index (χ1v) is 8.68. The zero-order chi connectivity index (χ0) is 20.0. The van der Waals surface area contributed by atoms with E-state index in [-0.39, 0.29) is 5.56 Å². The van der Waals surface area contributed by atoms with E-state index in [2.05, 4.69) is 11.7 Å². The smallest absolute Gasteiger partial charge is 0.419 e. The first kappa shape index (κ1) is 20.9. The van der Waals surface area contributed by atoms with Gasteiger partial charge >= 0.3 is 6.18 Å². The second-order valence-electron chi connectivity index (χ2n) is 6.19. The van der Waals surface area contributed by atoms with Crippen molar-refractivity contribution in [1.82, 2.24) is 0 Å².